The van der Waals surface area contributed by atoms with Crippen LogP contribution in [-0.4, -0.2) is 17.5 Å². The molecular formula is C14H11F3N2O2. The van der Waals surface area contributed by atoms with E-state index in [1.165, 1.54) is 12.1 Å². The second-order valence-electron chi connectivity index (χ2n) is 4.01. The lowest BCUT2D eigenvalue weighted by Gasteiger charge is -2.08. The van der Waals surface area contributed by atoms with Crippen molar-refractivity contribution < 1.29 is 22.7 Å². The lowest BCUT2D eigenvalue weighted by atomic mass is 10.2. The van der Waals surface area contributed by atoms with E-state index in [0.717, 1.165) is 0 Å². The van der Waals surface area contributed by atoms with E-state index in [1.54, 1.807) is 12.1 Å². The van der Waals surface area contributed by atoms with Gasteiger partial charge < -0.3 is 10.1 Å². The molecule has 4 nitrogen and oxygen atoms in total. The molecule has 0 bridgehead atoms. The Kier molecular flexibility index (Phi) is 4.42. The number of benzene rings is 1. The van der Waals surface area contributed by atoms with Gasteiger partial charge in [0, 0.05) is 11.8 Å². The van der Waals surface area contributed by atoms with Crippen molar-refractivity contribution in [3.05, 3.63) is 53.6 Å². The van der Waals surface area contributed by atoms with E-state index in [1.807, 2.05) is 6.92 Å². The Balaban J connectivity index is 2.18. The minimum absolute atomic E-state index is 0.334. The van der Waals surface area contributed by atoms with Crippen molar-refractivity contribution in [2.75, 3.05) is 11.9 Å². The fourth-order valence-corrected chi connectivity index (χ4v) is 1.63. The van der Waals surface area contributed by atoms with Gasteiger partial charge in [0.2, 0.25) is 5.95 Å². The maximum Gasteiger partial charge on any atom is 0.258 e. The van der Waals surface area contributed by atoms with E-state index < -0.39 is 29.2 Å². The van der Waals surface area contributed by atoms with E-state index in [4.69, 9.17) is 4.74 Å². The van der Waals surface area contributed by atoms with Crippen molar-refractivity contribution in [3.8, 4) is 5.75 Å². The molecule has 21 heavy (non-hydrogen) atoms. The standard InChI is InChI=1S/C14H11F3N2O2/c1-2-21-9-5-3-8(4-6-9)18-14(20)10-7-11(15)19-13(17)12(10)16/h3-7H,2H2,1H3,(H,18,20). The van der Waals surface area contributed by atoms with Gasteiger partial charge in [-0.3, -0.25) is 4.79 Å². The first-order chi connectivity index (χ1) is 10.0. The molecular weight excluding hydrogens is 285 g/mol. The molecule has 1 aromatic heterocycles. The number of carbonyl (C=O) groups excluding carboxylic acids is 1. The summed E-state index contributed by atoms with van der Waals surface area (Å²) in [4.78, 5) is 14.5. The summed E-state index contributed by atoms with van der Waals surface area (Å²) in [7, 11) is 0. The molecule has 0 unspecified atom stereocenters. The predicted octanol–water partition coefficient (Wildman–Crippen LogP) is 3.15. The zero-order valence-electron chi connectivity index (χ0n) is 11.0. The Morgan fingerprint density at radius 2 is 1.90 bits per heavy atom. The topological polar surface area (TPSA) is 51.2 Å². The van der Waals surface area contributed by atoms with Gasteiger partial charge in [-0.05, 0) is 31.2 Å². The number of anilines is 1. The van der Waals surface area contributed by atoms with Crippen LogP contribution in [0.2, 0.25) is 0 Å². The summed E-state index contributed by atoms with van der Waals surface area (Å²) in [6.45, 7) is 2.32. The minimum Gasteiger partial charge on any atom is -0.494 e. The first kappa shape index (κ1) is 14.8. The molecule has 2 rings (SSSR count). The molecule has 0 aliphatic carbocycles. The highest BCUT2D eigenvalue weighted by atomic mass is 19.2. The van der Waals surface area contributed by atoms with Gasteiger partial charge in [-0.15, -0.1) is 0 Å². The summed E-state index contributed by atoms with van der Waals surface area (Å²) in [5.74, 6) is -4.81. The Bertz CT molecular complexity index is 660. The summed E-state index contributed by atoms with van der Waals surface area (Å²) >= 11 is 0. The average molecular weight is 296 g/mol. The average Bonchev–Trinajstić information content (AvgIpc) is 2.45. The molecule has 0 fully saturated rings. The third kappa shape index (κ3) is 3.50. The molecule has 1 amide bonds. The van der Waals surface area contributed by atoms with Gasteiger partial charge in [-0.25, -0.2) is 4.39 Å². The van der Waals surface area contributed by atoms with Crippen LogP contribution in [0.15, 0.2) is 30.3 Å². The molecule has 0 radical (unpaired) electrons. The molecule has 0 aliphatic heterocycles. The molecule has 1 heterocycles. The van der Waals surface area contributed by atoms with Gasteiger partial charge >= 0.3 is 0 Å². The molecule has 0 atom stereocenters. The number of hydrogen-bond donors (Lipinski definition) is 1. The van der Waals surface area contributed by atoms with Gasteiger partial charge in [-0.2, -0.15) is 13.8 Å². The number of nitrogens with zero attached hydrogens (tertiary/aromatic N) is 1. The zero-order valence-corrected chi connectivity index (χ0v) is 11.0. The number of nitrogens with one attached hydrogen (secondary N) is 1. The fourth-order valence-electron chi connectivity index (χ4n) is 1.63. The summed E-state index contributed by atoms with van der Waals surface area (Å²) in [5.41, 5.74) is -0.422. The number of aromatic nitrogens is 1. The van der Waals surface area contributed by atoms with Crippen molar-refractivity contribution in [3.63, 3.8) is 0 Å². The molecule has 2 aromatic rings. The normalized spacial score (nSPS) is 10.3. The molecule has 1 N–H and O–H groups in total. The van der Waals surface area contributed by atoms with E-state index in [0.29, 0.717) is 24.1 Å². The number of hydrogen-bond acceptors (Lipinski definition) is 3. The molecule has 110 valence electrons. The zero-order chi connectivity index (χ0) is 15.4. The number of amides is 1. The van der Waals surface area contributed by atoms with Crippen LogP contribution in [0, 0.1) is 17.7 Å². The Morgan fingerprint density at radius 1 is 1.24 bits per heavy atom. The first-order valence-electron chi connectivity index (χ1n) is 6.07. The van der Waals surface area contributed by atoms with E-state index >= 15 is 0 Å². The van der Waals surface area contributed by atoms with Crippen molar-refractivity contribution in [1.82, 2.24) is 4.98 Å². The highest BCUT2D eigenvalue weighted by Gasteiger charge is 2.18. The highest BCUT2D eigenvalue weighted by molar-refractivity contribution is 6.04. The lowest BCUT2D eigenvalue weighted by Crippen LogP contribution is -2.16. The minimum atomic E-state index is -1.66. The summed E-state index contributed by atoms with van der Waals surface area (Å²) in [6, 6.07) is 6.78. The van der Waals surface area contributed by atoms with Crippen LogP contribution in [0.5, 0.6) is 5.75 Å². The smallest absolute Gasteiger partial charge is 0.258 e. The van der Waals surface area contributed by atoms with Crippen LogP contribution < -0.4 is 10.1 Å². The third-order valence-electron chi connectivity index (χ3n) is 2.55. The molecule has 0 saturated carbocycles. The first-order valence-corrected chi connectivity index (χ1v) is 6.07. The van der Waals surface area contributed by atoms with Crippen molar-refractivity contribution in [1.29, 1.82) is 0 Å². The van der Waals surface area contributed by atoms with Gasteiger partial charge in [-0.1, -0.05) is 0 Å². The monoisotopic (exact) mass is 296 g/mol. The third-order valence-corrected chi connectivity index (χ3v) is 2.55. The molecule has 1 aromatic carbocycles. The van der Waals surface area contributed by atoms with E-state index in [2.05, 4.69) is 10.3 Å². The number of pyridine rings is 1. The van der Waals surface area contributed by atoms with Gasteiger partial charge in [0.1, 0.15) is 5.75 Å². The molecule has 0 aliphatic rings. The van der Waals surface area contributed by atoms with E-state index in [9.17, 15) is 18.0 Å². The number of rotatable bonds is 4. The van der Waals surface area contributed by atoms with Crippen molar-refractivity contribution in [2.45, 2.75) is 6.92 Å². The largest absolute Gasteiger partial charge is 0.494 e. The SMILES string of the molecule is CCOc1ccc(NC(=O)c2cc(F)nc(F)c2F)cc1. The second kappa shape index (κ2) is 6.25. The van der Waals surface area contributed by atoms with Crippen LogP contribution in [0.3, 0.4) is 0 Å². The number of ether oxygens (including phenoxy) is 1. The predicted molar refractivity (Wildman–Crippen MR) is 69.7 cm³/mol. The van der Waals surface area contributed by atoms with Gasteiger partial charge in [0.25, 0.3) is 11.9 Å². The summed E-state index contributed by atoms with van der Waals surface area (Å²) in [6.07, 6.45) is 0. The van der Waals surface area contributed by atoms with Crippen molar-refractivity contribution >= 4 is 11.6 Å². The maximum absolute atomic E-state index is 13.4. The van der Waals surface area contributed by atoms with Crippen LogP contribution in [0.4, 0.5) is 18.9 Å². The van der Waals surface area contributed by atoms with Gasteiger partial charge in [0.15, 0.2) is 5.82 Å². The summed E-state index contributed by atoms with van der Waals surface area (Å²) < 4.78 is 44.5. The van der Waals surface area contributed by atoms with Crippen LogP contribution in [0.25, 0.3) is 0 Å². The van der Waals surface area contributed by atoms with Crippen LogP contribution in [0.1, 0.15) is 17.3 Å². The quantitative estimate of drug-likeness (QED) is 0.882. The van der Waals surface area contributed by atoms with Gasteiger partial charge in [0.05, 0.1) is 12.2 Å². The summed E-state index contributed by atoms with van der Waals surface area (Å²) in [5, 5.41) is 2.33. The Morgan fingerprint density at radius 3 is 2.52 bits per heavy atom. The highest BCUT2D eigenvalue weighted by Crippen LogP contribution is 2.18. The fraction of sp³-hybridized carbons (Fsp3) is 0.143. The van der Waals surface area contributed by atoms with Crippen LogP contribution >= 0.6 is 0 Å². The molecule has 0 spiro atoms. The maximum atomic E-state index is 13.4. The number of halogens is 3. The molecule has 7 heteroatoms. The van der Waals surface area contributed by atoms with Crippen molar-refractivity contribution in [2.24, 2.45) is 0 Å². The Hall–Kier alpha value is -2.57. The molecule has 0 saturated heterocycles. The second-order valence-corrected chi connectivity index (χ2v) is 4.01. The van der Waals surface area contributed by atoms with Crippen LogP contribution in [-0.2, 0) is 0 Å². The lowest BCUT2D eigenvalue weighted by molar-refractivity contribution is 0.102. The number of carbonyl (C=O) groups is 1. The Labute approximate surface area is 118 Å². The van der Waals surface area contributed by atoms with E-state index in [-0.39, 0.29) is 0 Å².